The van der Waals surface area contributed by atoms with E-state index in [-0.39, 0.29) is 25.4 Å². The first kappa shape index (κ1) is 18.9. The molecule has 1 aromatic rings. The zero-order chi connectivity index (χ0) is 16.8. The van der Waals surface area contributed by atoms with Crippen LogP contribution in [0.1, 0.15) is 25.8 Å². The quantitative estimate of drug-likeness (QED) is 0.726. The summed E-state index contributed by atoms with van der Waals surface area (Å²) in [5.74, 6) is -0.0437. The monoisotopic (exact) mass is 346 g/mol. The van der Waals surface area contributed by atoms with Gasteiger partial charge >= 0.3 is 0 Å². The summed E-state index contributed by atoms with van der Waals surface area (Å²) in [6, 6.07) is 7.11. The van der Waals surface area contributed by atoms with E-state index in [1.165, 1.54) is 4.31 Å². The fourth-order valence-corrected chi connectivity index (χ4v) is 3.13. The number of hydrogen-bond acceptors (Lipinski definition) is 3. The molecule has 0 atom stereocenters. The molecule has 5 nitrogen and oxygen atoms in total. The van der Waals surface area contributed by atoms with Crippen molar-refractivity contribution >= 4 is 27.5 Å². The molecule has 0 unspecified atom stereocenters. The fraction of sp³-hybridized carbons (Fsp3) is 0.533. The van der Waals surface area contributed by atoms with Gasteiger partial charge in [-0.1, -0.05) is 29.8 Å². The van der Waals surface area contributed by atoms with Crippen LogP contribution in [0.2, 0.25) is 5.02 Å². The van der Waals surface area contributed by atoms with Crippen molar-refractivity contribution in [1.82, 2.24) is 9.21 Å². The van der Waals surface area contributed by atoms with Crippen LogP contribution in [0.25, 0.3) is 0 Å². The lowest BCUT2D eigenvalue weighted by atomic mass is 10.2. The number of rotatable bonds is 8. The van der Waals surface area contributed by atoms with E-state index in [4.69, 9.17) is 11.6 Å². The van der Waals surface area contributed by atoms with E-state index in [2.05, 4.69) is 0 Å². The molecule has 1 amide bonds. The van der Waals surface area contributed by atoms with E-state index in [0.29, 0.717) is 18.1 Å². The second kappa shape index (κ2) is 8.50. The van der Waals surface area contributed by atoms with E-state index < -0.39 is 10.0 Å². The van der Waals surface area contributed by atoms with Crippen LogP contribution >= 0.6 is 11.6 Å². The van der Waals surface area contributed by atoms with Crippen LogP contribution in [0, 0.1) is 0 Å². The van der Waals surface area contributed by atoms with Crippen molar-refractivity contribution in [2.45, 2.75) is 26.8 Å². The molecule has 0 spiro atoms. The summed E-state index contributed by atoms with van der Waals surface area (Å²) in [4.78, 5) is 13.7. The van der Waals surface area contributed by atoms with E-state index in [1.54, 1.807) is 23.1 Å². The predicted molar refractivity (Wildman–Crippen MR) is 89.3 cm³/mol. The highest BCUT2D eigenvalue weighted by Crippen LogP contribution is 2.18. The van der Waals surface area contributed by atoms with E-state index in [9.17, 15) is 13.2 Å². The number of amides is 1. The summed E-state index contributed by atoms with van der Waals surface area (Å²) >= 11 is 6.08. The first-order chi connectivity index (χ1) is 10.3. The van der Waals surface area contributed by atoms with Gasteiger partial charge in [-0.2, -0.15) is 4.31 Å². The first-order valence-corrected chi connectivity index (χ1v) is 9.48. The van der Waals surface area contributed by atoms with E-state index in [0.717, 1.165) is 11.8 Å². The number of hydrogen-bond donors (Lipinski definition) is 0. The third kappa shape index (κ3) is 5.59. The Hall–Kier alpha value is -1.11. The van der Waals surface area contributed by atoms with Crippen LogP contribution in [0.15, 0.2) is 24.3 Å². The van der Waals surface area contributed by atoms with Crippen molar-refractivity contribution in [3.05, 3.63) is 34.9 Å². The third-order valence-electron chi connectivity index (χ3n) is 3.46. The molecule has 0 saturated heterocycles. The molecule has 7 heteroatoms. The molecule has 0 aromatic heterocycles. The molecule has 0 aliphatic heterocycles. The van der Waals surface area contributed by atoms with Crippen molar-refractivity contribution in [2.75, 3.05) is 25.9 Å². The molecule has 124 valence electrons. The molecule has 22 heavy (non-hydrogen) atoms. The number of benzene rings is 1. The summed E-state index contributed by atoms with van der Waals surface area (Å²) in [5.41, 5.74) is 0.727. The lowest BCUT2D eigenvalue weighted by Gasteiger charge is -2.23. The number of sulfonamides is 1. The molecule has 1 rings (SSSR count). The van der Waals surface area contributed by atoms with Crippen LogP contribution in [0.4, 0.5) is 0 Å². The van der Waals surface area contributed by atoms with Crippen LogP contribution in [0.5, 0.6) is 0 Å². The minimum atomic E-state index is -3.41. The number of nitrogens with zero attached hydrogens (tertiary/aromatic N) is 2. The average Bonchev–Trinajstić information content (AvgIpc) is 2.45. The van der Waals surface area contributed by atoms with Gasteiger partial charge in [-0.15, -0.1) is 0 Å². The van der Waals surface area contributed by atoms with Gasteiger partial charge < -0.3 is 4.90 Å². The highest BCUT2D eigenvalue weighted by atomic mass is 35.5. The molecule has 1 aromatic carbocycles. The Morgan fingerprint density at radius 2 is 1.77 bits per heavy atom. The van der Waals surface area contributed by atoms with Gasteiger partial charge in [0, 0.05) is 37.6 Å². The Kier molecular flexibility index (Phi) is 7.32. The Bertz CT molecular complexity index is 601. The topological polar surface area (TPSA) is 57.7 Å². The Labute approximate surface area is 137 Å². The highest BCUT2D eigenvalue weighted by Gasteiger charge is 2.20. The molecule has 0 aliphatic carbocycles. The maximum Gasteiger partial charge on any atom is 0.223 e. The second-order valence-electron chi connectivity index (χ2n) is 5.00. The number of carbonyl (C=O) groups excluding carboxylic acids is 1. The van der Waals surface area contributed by atoms with Crippen molar-refractivity contribution in [2.24, 2.45) is 0 Å². The summed E-state index contributed by atoms with van der Waals surface area (Å²) in [5, 5.41) is 0.520. The highest BCUT2D eigenvalue weighted by molar-refractivity contribution is 7.88. The van der Waals surface area contributed by atoms with Crippen molar-refractivity contribution < 1.29 is 13.2 Å². The average molecular weight is 347 g/mol. The van der Waals surface area contributed by atoms with Gasteiger partial charge in [0.1, 0.15) is 0 Å². The summed E-state index contributed by atoms with van der Waals surface area (Å²) in [6.07, 6.45) is 1.31. The smallest absolute Gasteiger partial charge is 0.223 e. The van der Waals surface area contributed by atoms with Gasteiger partial charge in [0.15, 0.2) is 0 Å². The maximum absolute atomic E-state index is 12.0. The van der Waals surface area contributed by atoms with Crippen LogP contribution < -0.4 is 0 Å². The van der Waals surface area contributed by atoms with Crippen molar-refractivity contribution in [1.29, 1.82) is 0 Å². The zero-order valence-corrected chi connectivity index (χ0v) is 14.8. The maximum atomic E-state index is 12.0. The molecule has 0 heterocycles. The van der Waals surface area contributed by atoms with Crippen LogP contribution in [-0.4, -0.2) is 49.4 Å². The van der Waals surface area contributed by atoms with Crippen LogP contribution in [0.3, 0.4) is 0 Å². The molecular formula is C15H23ClN2O3S. The van der Waals surface area contributed by atoms with E-state index in [1.807, 2.05) is 19.9 Å². The standard InChI is InChI=1S/C15H23ClN2O3S/c1-4-17(5-2)15(19)10-11-18(22(3,20)21)12-13-8-6-7-9-14(13)16/h6-9H,4-5,10-12H2,1-3H3. The third-order valence-corrected chi connectivity index (χ3v) is 5.08. The predicted octanol–water partition coefficient (Wildman–Crippen LogP) is 2.36. The fourth-order valence-electron chi connectivity index (χ4n) is 2.13. The van der Waals surface area contributed by atoms with Gasteiger partial charge in [-0.25, -0.2) is 8.42 Å². The number of carbonyl (C=O) groups is 1. The molecular weight excluding hydrogens is 324 g/mol. The molecule has 0 saturated carbocycles. The number of halogens is 1. The minimum Gasteiger partial charge on any atom is -0.343 e. The van der Waals surface area contributed by atoms with Gasteiger partial charge in [0.2, 0.25) is 15.9 Å². The second-order valence-corrected chi connectivity index (χ2v) is 7.39. The molecule has 0 fully saturated rings. The zero-order valence-electron chi connectivity index (χ0n) is 13.3. The molecule has 0 aliphatic rings. The SMILES string of the molecule is CCN(CC)C(=O)CCN(Cc1ccccc1Cl)S(C)(=O)=O. The molecule has 0 N–H and O–H groups in total. The normalized spacial score (nSPS) is 11.7. The van der Waals surface area contributed by atoms with Crippen molar-refractivity contribution in [3.8, 4) is 0 Å². The van der Waals surface area contributed by atoms with Gasteiger partial charge in [0.05, 0.1) is 6.26 Å². The largest absolute Gasteiger partial charge is 0.343 e. The van der Waals surface area contributed by atoms with Gasteiger partial charge in [-0.3, -0.25) is 4.79 Å². The van der Waals surface area contributed by atoms with Gasteiger partial charge in [-0.05, 0) is 25.5 Å². The Morgan fingerprint density at radius 3 is 2.27 bits per heavy atom. The lowest BCUT2D eigenvalue weighted by molar-refractivity contribution is -0.130. The molecule has 0 bridgehead atoms. The lowest BCUT2D eigenvalue weighted by Crippen LogP contribution is -2.36. The van der Waals surface area contributed by atoms with Crippen molar-refractivity contribution in [3.63, 3.8) is 0 Å². The van der Waals surface area contributed by atoms with Crippen LogP contribution in [-0.2, 0) is 21.4 Å². The first-order valence-electron chi connectivity index (χ1n) is 7.25. The molecule has 0 radical (unpaired) electrons. The van der Waals surface area contributed by atoms with E-state index >= 15 is 0 Å². The minimum absolute atomic E-state index is 0.0437. The Morgan fingerprint density at radius 1 is 1.18 bits per heavy atom. The van der Waals surface area contributed by atoms with Gasteiger partial charge in [0.25, 0.3) is 0 Å². The summed E-state index contributed by atoms with van der Waals surface area (Å²) in [6.45, 7) is 5.37. The summed E-state index contributed by atoms with van der Waals surface area (Å²) in [7, 11) is -3.41. The summed E-state index contributed by atoms with van der Waals surface area (Å²) < 4.78 is 25.1. The Balaban J connectivity index is 2.79.